The summed E-state index contributed by atoms with van der Waals surface area (Å²) in [5.41, 5.74) is 0.517. The predicted octanol–water partition coefficient (Wildman–Crippen LogP) is 3.30. The zero-order chi connectivity index (χ0) is 32.7. The first kappa shape index (κ1) is 32.2. The number of carbonyl (C=O) groups is 6. The highest BCUT2D eigenvalue weighted by Gasteiger charge is 2.45. The Labute approximate surface area is 258 Å². The number of hydrogen-bond donors (Lipinski definition) is 2. The van der Waals surface area contributed by atoms with Gasteiger partial charge in [0.1, 0.15) is 17.5 Å². The average molecular weight is 618 g/mol. The number of amides is 4. The third-order valence-corrected chi connectivity index (χ3v) is 6.75. The van der Waals surface area contributed by atoms with Crippen LogP contribution in [0.5, 0.6) is 11.5 Å². The van der Waals surface area contributed by atoms with Crippen molar-refractivity contribution in [2.45, 2.75) is 19.9 Å². The van der Waals surface area contributed by atoms with Crippen molar-refractivity contribution in [3.8, 4) is 11.5 Å². The average Bonchev–Trinajstić information content (AvgIpc) is 3.27. The standard InChI is InChI=1S/C32H31N3O10/c1-18(2)28(32(41)45-17-27(37)34-23-10-6-8-12-25(23)43-4)35-29(38)20-14-13-19(15-21(20)30(35)39)31(40)44-16-26(36)33-22-9-5-7-11-24(22)42-3/h5-15,18,28H,16-17H2,1-4H3,(H,33,36)(H,34,37)/t28-/m0/s1. The largest absolute Gasteiger partial charge is 0.495 e. The number of esters is 2. The molecule has 0 spiro atoms. The second kappa shape index (κ2) is 14.2. The first-order valence-electron chi connectivity index (χ1n) is 13.8. The number of methoxy groups -OCH3 is 2. The Morgan fingerprint density at radius 1 is 0.711 bits per heavy atom. The topological polar surface area (TPSA) is 167 Å². The Bertz CT molecular complexity index is 1650. The van der Waals surface area contributed by atoms with E-state index in [1.54, 1.807) is 62.4 Å². The van der Waals surface area contributed by atoms with E-state index in [2.05, 4.69) is 10.6 Å². The molecule has 1 aliphatic rings. The number of carbonyl (C=O) groups excluding carboxylic acids is 6. The molecule has 0 radical (unpaired) electrons. The number of fused-ring (bicyclic) bond motifs is 1. The van der Waals surface area contributed by atoms with Gasteiger partial charge in [0.25, 0.3) is 23.6 Å². The van der Waals surface area contributed by atoms with Crippen molar-refractivity contribution in [1.82, 2.24) is 4.90 Å². The molecule has 0 aliphatic carbocycles. The van der Waals surface area contributed by atoms with Crippen LogP contribution >= 0.6 is 0 Å². The van der Waals surface area contributed by atoms with E-state index >= 15 is 0 Å². The van der Waals surface area contributed by atoms with Crippen LogP contribution in [0.15, 0.2) is 66.7 Å². The Kier molecular flexibility index (Phi) is 10.1. The summed E-state index contributed by atoms with van der Waals surface area (Å²) in [4.78, 5) is 78.0. The zero-order valence-corrected chi connectivity index (χ0v) is 24.9. The minimum Gasteiger partial charge on any atom is -0.495 e. The monoisotopic (exact) mass is 617 g/mol. The van der Waals surface area contributed by atoms with Crippen molar-refractivity contribution in [1.29, 1.82) is 0 Å². The van der Waals surface area contributed by atoms with Gasteiger partial charge in [0.15, 0.2) is 13.2 Å². The van der Waals surface area contributed by atoms with Crippen molar-refractivity contribution in [3.63, 3.8) is 0 Å². The second-order valence-corrected chi connectivity index (χ2v) is 10.1. The van der Waals surface area contributed by atoms with E-state index < -0.39 is 60.7 Å². The quantitative estimate of drug-likeness (QED) is 0.227. The van der Waals surface area contributed by atoms with Crippen LogP contribution in [-0.2, 0) is 23.9 Å². The summed E-state index contributed by atoms with van der Waals surface area (Å²) in [6, 6.07) is 15.7. The van der Waals surface area contributed by atoms with Crippen molar-refractivity contribution in [2.24, 2.45) is 5.92 Å². The molecule has 4 amide bonds. The second-order valence-electron chi connectivity index (χ2n) is 10.1. The lowest BCUT2D eigenvalue weighted by molar-refractivity contribution is -0.152. The number of imide groups is 1. The molecule has 45 heavy (non-hydrogen) atoms. The van der Waals surface area contributed by atoms with Crippen LogP contribution in [0.2, 0.25) is 0 Å². The maximum Gasteiger partial charge on any atom is 0.338 e. The number of ether oxygens (including phenoxy) is 4. The summed E-state index contributed by atoms with van der Waals surface area (Å²) < 4.78 is 20.7. The van der Waals surface area contributed by atoms with Gasteiger partial charge < -0.3 is 29.6 Å². The maximum atomic E-state index is 13.4. The molecule has 3 aromatic rings. The van der Waals surface area contributed by atoms with Crippen LogP contribution in [0.25, 0.3) is 0 Å². The molecule has 0 aromatic heterocycles. The van der Waals surface area contributed by atoms with Crippen molar-refractivity contribution in [2.75, 3.05) is 38.1 Å². The summed E-state index contributed by atoms with van der Waals surface area (Å²) >= 11 is 0. The molecule has 2 N–H and O–H groups in total. The van der Waals surface area contributed by atoms with Crippen LogP contribution in [0.1, 0.15) is 44.9 Å². The first-order valence-corrected chi connectivity index (χ1v) is 13.8. The first-order chi connectivity index (χ1) is 21.5. The Hall–Kier alpha value is -5.72. The van der Waals surface area contributed by atoms with Crippen LogP contribution in [-0.4, -0.2) is 73.9 Å². The Morgan fingerprint density at radius 2 is 1.22 bits per heavy atom. The normalized spacial score (nSPS) is 12.7. The van der Waals surface area contributed by atoms with E-state index in [0.717, 1.165) is 4.90 Å². The molecule has 4 rings (SSSR count). The van der Waals surface area contributed by atoms with E-state index in [1.165, 1.54) is 32.4 Å². The molecule has 0 fully saturated rings. The van der Waals surface area contributed by atoms with E-state index in [-0.39, 0.29) is 16.7 Å². The van der Waals surface area contributed by atoms with Crippen molar-refractivity contribution >= 4 is 46.9 Å². The van der Waals surface area contributed by atoms with Crippen LogP contribution in [0.4, 0.5) is 11.4 Å². The van der Waals surface area contributed by atoms with Gasteiger partial charge in [-0.3, -0.25) is 24.1 Å². The number of nitrogens with one attached hydrogen (secondary N) is 2. The highest BCUT2D eigenvalue weighted by Crippen LogP contribution is 2.29. The lowest BCUT2D eigenvalue weighted by atomic mass is 10.0. The highest BCUT2D eigenvalue weighted by atomic mass is 16.5. The third kappa shape index (κ3) is 7.26. The summed E-state index contributed by atoms with van der Waals surface area (Å²) in [5, 5.41) is 5.15. The fourth-order valence-electron chi connectivity index (χ4n) is 4.62. The number of hydrogen-bond acceptors (Lipinski definition) is 10. The molecule has 1 heterocycles. The van der Waals surface area contributed by atoms with Gasteiger partial charge in [-0.2, -0.15) is 0 Å². The van der Waals surface area contributed by atoms with E-state index in [9.17, 15) is 28.8 Å². The van der Waals surface area contributed by atoms with Crippen LogP contribution < -0.4 is 20.1 Å². The van der Waals surface area contributed by atoms with Gasteiger partial charge in [-0.05, 0) is 48.4 Å². The molecule has 0 saturated carbocycles. The Balaban J connectivity index is 1.40. The molecule has 3 aromatic carbocycles. The molecule has 0 bridgehead atoms. The minimum absolute atomic E-state index is 0.0298. The molecule has 1 atom stereocenters. The van der Waals surface area contributed by atoms with Gasteiger partial charge in [0.05, 0.1) is 42.3 Å². The molecule has 0 saturated heterocycles. The van der Waals surface area contributed by atoms with E-state index in [4.69, 9.17) is 18.9 Å². The highest BCUT2D eigenvalue weighted by molar-refractivity contribution is 6.23. The molecule has 13 heteroatoms. The molecule has 1 aliphatic heterocycles. The number of nitrogens with zero attached hydrogens (tertiary/aromatic N) is 1. The van der Waals surface area contributed by atoms with E-state index in [1.807, 2.05) is 0 Å². The number of anilines is 2. The molecule has 0 unspecified atom stereocenters. The summed E-state index contributed by atoms with van der Waals surface area (Å²) in [5.74, 6) is -4.50. The van der Waals surface area contributed by atoms with Gasteiger partial charge in [-0.15, -0.1) is 0 Å². The van der Waals surface area contributed by atoms with E-state index in [0.29, 0.717) is 22.9 Å². The third-order valence-electron chi connectivity index (χ3n) is 6.75. The Morgan fingerprint density at radius 3 is 1.76 bits per heavy atom. The molecule has 13 nitrogen and oxygen atoms in total. The van der Waals surface area contributed by atoms with Gasteiger partial charge in [-0.25, -0.2) is 9.59 Å². The molecular weight excluding hydrogens is 586 g/mol. The fraction of sp³-hybridized carbons (Fsp3) is 0.250. The van der Waals surface area contributed by atoms with Gasteiger partial charge in [0.2, 0.25) is 0 Å². The zero-order valence-electron chi connectivity index (χ0n) is 24.9. The van der Waals surface area contributed by atoms with Crippen LogP contribution in [0.3, 0.4) is 0 Å². The van der Waals surface area contributed by atoms with Gasteiger partial charge in [-0.1, -0.05) is 38.1 Å². The smallest absolute Gasteiger partial charge is 0.338 e. The summed E-state index contributed by atoms with van der Waals surface area (Å²) in [6.07, 6.45) is 0. The lowest BCUT2D eigenvalue weighted by Crippen LogP contribution is -2.49. The van der Waals surface area contributed by atoms with Crippen molar-refractivity contribution < 1.29 is 47.7 Å². The summed E-state index contributed by atoms with van der Waals surface area (Å²) in [7, 11) is 2.89. The minimum atomic E-state index is -1.36. The fourth-order valence-corrected chi connectivity index (χ4v) is 4.62. The number of para-hydroxylation sites is 4. The maximum absolute atomic E-state index is 13.4. The summed E-state index contributed by atoms with van der Waals surface area (Å²) in [6.45, 7) is 1.93. The SMILES string of the molecule is COc1ccccc1NC(=O)COC(=O)c1ccc2c(c1)C(=O)N([C@H](C(=O)OCC(=O)Nc1ccccc1OC)C(C)C)C2=O. The lowest BCUT2D eigenvalue weighted by Gasteiger charge is -2.27. The number of rotatable bonds is 12. The molecular formula is C32H31N3O10. The van der Waals surface area contributed by atoms with Crippen molar-refractivity contribution in [3.05, 3.63) is 83.4 Å². The van der Waals surface area contributed by atoms with Gasteiger partial charge in [0, 0.05) is 0 Å². The number of benzene rings is 3. The molecule has 234 valence electrons. The van der Waals surface area contributed by atoms with Crippen LogP contribution in [0, 0.1) is 5.92 Å². The van der Waals surface area contributed by atoms with Gasteiger partial charge >= 0.3 is 11.9 Å². The predicted molar refractivity (Wildman–Crippen MR) is 160 cm³/mol.